The topological polar surface area (TPSA) is 105 Å². The minimum absolute atomic E-state index is 0.116. The van der Waals surface area contributed by atoms with E-state index in [-0.39, 0.29) is 22.3 Å². The third-order valence-corrected chi connectivity index (χ3v) is 5.85. The van der Waals surface area contributed by atoms with Crippen molar-refractivity contribution in [3.63, 3.8) is 0 Å². The molecule has 0 bridgehead atoms. The summed E-state index contributed by atoms with van der Waals surface area (Å²) < 4.78 is 5.10. The van der Waals surface area contributed by atoms with Crippen LogP contribution in [0.2, 0.25) is 0 Å². The van der Waals surface area contributed by atoms with E-state index in [1.54, 1.807) is 30.3 Å². The van der Waals surface area contributed by atoms with Gasteiger partial charge in [-0.05, 0) is 73.5 Å². The Kier molecular flexibility index (Phi) is 7.69. The normalized spacial score (nSPS) is 13.1. The van der Waals surface area contributed by atoms with Crippen molar-refractivity contribution >= 4 is 52.4 Å². The van der Waals surface area contributed by atoms with E-state index in [1.165, 1.54) is 24.3 Å². The van der Waals surface area contributed by atoms with Gasteiger partial charge in [0.15, 0.2) is 0 Å². The first-order valence-electron chi connectivity index (χ1n) is 11.6. The van der Waals surface area contributed by atoms with Crippen molar-refractivity contribution in [2.75, 3.05) is 22.1 Å². The number of halogens is 1. The molecule has 1 aliphatic heterocycles. The van der Waals surface area contributed by atoms with E-state index < -0.39 is 17.8 Å². The van der Waals surface area contributed by atoms with Gasteiger partial charge in [0.2, 0.25) is 0 Å². The zero-order chi connectivity index (χ0) is 26.5. The average molecular weight is 518 g/mol. The Morgan fingerprint density at radius 2 is 1.59 bits per heavy atom. The fourth-order valence-electron chi connectivity index (χ4n) is 3.68. The van der Waals surface area contributed by atoms with E-state index in [4.69, 9.17) is 16.3 Å². The largest absolute Gasteiger partial charge is 0.462 e. The lowest BCUT2D eigenvalue weighted by Crippen LogP contribution is -2.32. The maximum Gasteiger partial charge on any atom is 0.338 e. The predicted molar refractivity (Wildman–Crippen MR) is 142 cm³/mol. The van der Waals surface area contributed by atoms with Crippen molar-refractivity contribution in [2.45, 2.75) is 20.3 Å². The first-order chi connectivity index (χ1) is 17.8. The Hall–Kier alpha value is -4.43. The number of esters is 1. The van der Waals surface area contributed by atoms with Crippen LogP contribution >= 0.6 is 11.6 Å². The molecule has 0 radical (unpaired) electrons. The maximum atomic E-state index is 13.1. The summed E-state index contributed by atoms with van der Waals surface area (Å²) in [7, 11) is 0. The monoisotopic (exact) mass is 517 g/mol. The summed E-state index contributed by atoms with van der Waals surface area (Å²) in [5, 5.41) is 5.42. The number of imide groups is 1. The second kappa shape index (κ2) is 11.1. The second-order valence-corrected chi connectivity index (χ2v) is 8.72. The molecule has 0 saturated heterocycles. The lowest BCUT2D eigenvalue weighted by molar-refractivity contribution is -0.120. The van der Waals surface area contributed by atoms with Gasteiger partial charge in [-0.3, -0.25) is 14.4 Å². The Bertz CT molecular complexity index is 1420. The summed E-state index contributed by atoms with van der Waals surface area (Å²) in [6.07, 6.45) is 0.695. The minimum Gasteiger partial charge on any atom is -0.462 e. The van der Waals surface area contributed by atoms with Crippen molar-refractivity contribution in [2.24, 2.45) is 0 Å². The second-order valence-electron chi connectivity index (χ2n) is 8.35. The van der Waals surface area contributed by atoms with Gasteiger partial charge >= 0.3 is 5.97 Å². The summed E-state index contributed by atoms with van der Waals surface area (Å²) in [5.74, 6) is -2.19. The summed E-state index contributed by atoms with van der Waals surface area (Å²) in [4.78, 5) is 51.6. The number of ether oxygens (including phenoxy) is 1. The van der Waals surface area contributed by atoms with Crippen LogP contribution in [0.25, 0.3) is 0 Å². The van der Waals surface area contributed by atoms with Crippen LogP contribution in [0.15, 0.2) is 83.5 Å². The van der Waals surface area contributed by atoms with E-state index in [2.05, 4.69) is 10.6 Å². The van der Waals surface area contributed by atoms with E-state index in [9.17, 15) is 19.2 Å². The summed E-state index contributed by atoms with van der Waals surface area (Å²) >= 11 is 6.23. The van der Waals surface area contributed by atoms with Gasteiger partial charge < -0.3 is 15.4 Å². The molecule has 9 heteroatoms. The first kappa shape index (κ1) is 25.7. The Morgan fingerprint density at radius 1 is 0.892 bits per heavy atom. The van der Waals surface area contributed by atoms with Gasteiger partial charge in [0.1, 0.15) is 10.7 Å². The van der Waals surface area contributed by atoms with Crippen LogP contribution in [0.1, 0.15) is 39.6 Å². The van der Waals surface area contributed by atoms with Gasteiger partial charge in [-0.2, -0.15) is 0 Å². The fraction of sp³-hybridized carbons (Fsp3) is 0.143. The fourth-order valence-corrected chi connectivity index (χ4v) is 3.89. The quantitative estimate of drug-likeness (QED) is 0.312. The van der Waals surface area contributed by atoms with E-state index in [1.807, 2.05) is 32.0 Å². The van der Waals surface area contributed by atoms with Crippen LogP contribution in [-0.4, -0.2) is 30.3 Å². The van der Waals surface area contributed by atoms with Gasteiger partial charge in [-0.15, -0.1) is 0 Å². The maximum absolute atomic E-state index is 13.1. The standard InChI is InChI=1S/C28H24ClN3O5/c1-3-14-37-28(36)18-10-12-22(13-11-18)32-26(34)23(29)24(27(32)35)30-21-9-5-7-19(16-21)25(33)31-20-8-4-6-17(2)15-20/h4-13,15-16,30H,3,14H2,1-2H3,(H,31,33). The van der Waals surface area contributed by atoms with Crippen LogP contribution < -0.4 is 15.5 Å². The van der Waals surface area contributed by atoms with E-state index in [0.29, 0.717) is 35.5 Å². The van der Waals surface area contributed by atoms with E-state index in [0.717, 1.165) is 10.5 Å². The third-order valence-electron chi connectivity index (χ3n) is 5.50. The SMILES string of the molecule is CCCOC(=O)c1ccc(N2C(=O)C(Cl)=C(Nc3cccc(C(=O)Nc4cccc(C)c4)c3)C2=O)cc1. The van der Waals surface area contributed by atoms with Gasteiger partial charge in [0.05, 0.1) is 17.9 Å². The number of amides is 3. The van der Waals surface area contributed by atoms with Crippen LogP contribution in [0.5, 0.6) is 0 Å². The molecule has 3 aromatic carbocycles. The summed E-state index contributed by atoms with van der Waals surface area (Å²) in [5.41, 5.74) is 2.86. The zero-order valence-corrected chi connectivity index (χ0v) is 21.0. The number of carbonyl (C=O) groups is 4. The first-order valence-corrected chi connectivity index (χ1v) is 12.0. The molecule has 37 heavy (non-hydrogen) atoms. The molecule has 0 atom stereocenters. The summed E-state index contributed by atoms with van der Waals surface area (Å²) in [6, 6.07) is 19.8. The molecule has 3 amide bonds. The smallest absolute Gasteiger partial charge is 0.338 e. The zero-order valence-electron chi connectivity index (χ0n) is 20.2. The lowest BCUT2D eigenvalue weighted by Gasteiger charge is -2.15. The van der Waals surface area contributed by atoms with Gasteiger partial charge in [0, 0.05) is 16.9 Å². The number of rotatable bonds is 8. The number of hydrogen-bond donors (Lipinski definition) is 2. The number of benzene rings is 3. The van der Waals surface area contributed by atoms with Gasteiger partial charge in [-0.1, -0.05) is 36.7 Å². The van der Waals surface area contributed by atoms with E-state index >= 15 is 0 Å². The molecular formula is C28H24ClN3O5. The summed E-state index contributed by atoms with van der Waals surface area (Å²) in [6.45, 7) is 4.11. The number of nitrogens with one attached hydrogen (secondary N) is 2. The molecule has 1 heterocycles. The predicted octanol–water partition coefficient (Wildman–Crippen LogP) is 5.25. The van der Waals surface area contributed by atoms with Crippen LogP contribution in [-0.2, 0) is 14.3 Å². The molecule has 8 nitrogen and oxygen atoms in total. The van der Waals surface area contributed by atoms with Crippen molar-refractivity contribution in [3.8, 4) is 0 Å². The molecule has 1 aliphatic rings. The molecule has 2 N–H and O–H groups in total. The molecule has 0 unspecified atom stereocenters. The van der Waals surface area contributed by atoms with Crippen LogP contribution in [0.4, 0.5) is 17.1 Å². The minimum atomic E-state index is -0.705. The van der Waals surface area contributed by atoms with Crippen molar-refractivity contribution in [3.05, 3.63) is 100 Å². The molecule has 4 rings (SSSR count). The third kappa shape index (κ3) is 5.70. The highest BCUT2D eigenvalue weighted by molar-refractivity contribution is 6.53. The molecule has 0 fully saturated rings. The Morgan fingerprint density at radius 3 is 2.30 bits per heavy atom. The van der Waals surface area contributed by atoms with Crippen molar-refractivity contribution in [1.82, 2.24) is 0 Å². The van der Waals surface area contributed by atoms with Gasteiger partial charge in [-0.25, -0.2) is 9.69 Å². The molecule has 0 aromatic heterocycles. The number of nitrogens with zero attached hydrogens (tertiary/aromatic N) is 1. The van der Waals surface area contributed by atoms with Crippen molar-refractivity contribution < 1.29 is 23.9 Å². The number of hydrogen-bond acceptors (Lipinski definition) is 6. The highest BCUT2D eigenvalue weighted by Gasteiger charge is 2.39. The number of carbonyl (C=O) groups excluding carboxylic acids is 4. The average Bonchev–Trinajstić information content (AvgIpc) is 3.10. The molecule has 0 saturated carbocycles. The number of anilines is 3. The Labute approximate surface area is 218 Å². The molecule has 0 aliphatic carbocycles. The van der Waals surface area contributed by atoms with Gasteiger partial charge in [0.25, 0.3) is 17.7 Å². The van der Waals surface area contributed by atoms with Crippen LogP contribution in [0.3, 0.4) is 0 Å². The highest BCUT2D eigenvalue weighted by Crippen LogP contribution is 2.30. The Balaban J connectivity index is 1.49. The molecule has 3 aromatic rings. The highest BCUT2D eigenvalue weighted by atomic mass is 35.5. The number of aryl methyl sites for hydroxylation is 1. The lowest BCUT2D eigenvalue weighted by atomic mass is 10.1. The molecular weight excluding hydrogens is 494 g/mol. The molecule has 188 valence electrons. The van der Waals surface area contributed by atoms with Crippen molar-refractivity contribution in [1.29, 1.82) is 0 Å². The molecule has 0 spiro atoms. The van der Waals surface area contributed by atoms with Crippen LogP contribution in [0, 0.1) is 6.92 Å².